The van der Waals surface area contributed by atoms with E-state index < -0.39 is 0 Å². The molecule has 0 spiro atoms. The van der Waals surface area contributed by atoms with E-state index >= 15 is 0 Å². The largest absolute Gasteiger partial charge is 0.380 e. The van der Waals surface area contributed by atoms with E-state index in [-0.39, 0.29) is 5.91 Å². The van der Waals surface area contributed by atoms with Crippen LogP contribution < -0.4 is 0 Å². The molecule has 0 N–H and O–H groups in total. The molecular formula is C18H19NO2. The van der Waals surface area contributed by atoms with Gasteiger partial charge in [0.1, 0.15) is 0 Å². The number of hydrogen-bond acceptors (Lipinski definition) is 2. The van der Waals surface area contributed by atoms with Crippen LogP contribution in [0.3, 0.4) is 0 Å². The Bertz CT molecular complexity index is 651. The number of hydrogen-bond donors (Lipinski definition) is 0. The number of benzene rings is 2. The molecule has 21 heavy (non-hydrogen) atoms. The van der Waals surface area contributed by atoms with E-state index in [0.29, 0.717) is 13.2 Å². The summed E-state index contributed by atoms with van der Waals surface area (Å²) >= 11 is 0. The molecule has 1 amide bonds. The number of rotatable bonds is 3. The normalized spacial score (nSPS) is 13.9. The third-order valence-corrected chi connectivity index (χ3v) is 3.90. The lowest BCUT2D eigenvalue weighted by atomic mass is 9.99. The number of ether oxygens (including phenoxy) is 1. The van der Waals surface area contributed by atoms with Gasteiger partial charge in [0.25, 0.3) is 5.91 Å². The van der Waals surface area contributed by atoms with Gasteiger partial charge < -0.3 is 9.64 Å². The molecule has 1 heterocycles. The second kappa shape index (κ2) is 6.10. The number of nitrogens with zero attached hydrogens (tertiary/aromatic N) is 1. The van der Waals surface area contributed by atoms with Crippen molar-refractivity contribution in [3.63, 3.8) is 0 Å². The van der Waals surface area contributed by atoms with Gasteiger partial charge in [-0.3, -0.25) is 4.79 Å². The highest BCUT2D eigenvalue weighted by Crippen LogP contribution is 2.20. The van der Waals surface area contributed by atoms with E-state index in [1.165, 1.54) is 11.1 Å². The Morgan fingerprint density at radius 1 is 1.14 bits per heavy atom. The van der Waals surface area contributed by atoms with E-state index in [2.05, 4.69) is 18.2 Å². The third-order valence-electron chi connectivity index (χ3n) is 3.90. The van der Waals surface area contributed by atoms with Gasteiger partial charge in [-0.1, -0.05) is 36.4 Å². The van der Waals surface area contributed by atoms with Gasteiger partial charge in [0.2, 0.25) is 0 Å². The summed E-state index contributed by atoms with van der Waals surface area (Å²) in [5.74, 6) is 0.0995. The average Bonchev–Trinajstić information content (AvgIpc) is 2.54. The first-order valence-corrected chi connectivity index (χ1v) is 7.22. The fourth-order valence-corrected chi connectivity index (χ4v) is 2.81. The maximum Gasteiger partial charge on any atom is 0.254 e. The Morgan fingerprint density at radius 2 is 1.95 bits per heavy atom. The van der Waals surface area contributed by atoms with Crippen molar-refractivity contribution in [2.24, 2.45) is 0 Å². The van der Waals surface area contributed by atoms with Crippen molar-refractivity contribution in [3.05, 3.63) is 70.8 Å². The number of fused-ring (bicyclic) bond motifs is 1. The van der Waals surface area contributed by atoms with Crippen LogP contribution in [0.4, 0.5) is 0 Å². The van der Waals surface area contributed by atoms with Crippen LogP contribution in [0.1, 0.15) is 27.0 Å². The summed E-state index contributed by atoms with van der Waals surface area (Å²) in [4.78, 5) is 14.6. The molecule has 0 unspecified atom stereocenters. The molecule has 0 saturated heterocycles. The van der Waals surface area contributed by atoms with Crippen LogP contribution >= 0.6 is 0 Å². The van der Waals surface area contributed by atoms with E-state index in [9.17, 15) is 4.79 Å². The Morgan fingerprint density at radius 3 is 2.76 bits per heavy atom. The Hall–Kier alpha value is -2.13. The molecule has 3 rings (SSSR count). The monoisotopic (exact) mass is 281 g/mol. The van der Waals surface area contributed by atoms with E-state index in [4.69, 9.17) is 4.74 Å². The van der Waals surface area contributed by atoms with Crippen molar-refractivity contribution in [3.8, 4) is 0 Å². The van der Waals surface area contributed by atoms with Gasteiger partial charge >= 0.3 is 0 Å². The summed E-state index contributed by atoms with van der Waals surface area (Å²) in [7, 11) is 1.66. The summed E-state index contributed by atoms with van der Waals surface area (Å²) in [5, 5.41) is 0. The van der Waals surface area contributed by atoms with E-state index in [0.717, 1.165) is 24.1 Å². The predicted octanol–water partition coefficient (Wildman–Crippen LogP) is 3.03. The Labute approximate surface area is 125 Å². The molecule has 0 fully saturated rings. The summed E-state index contributed by atoms with van der Waals surface area (Å²) in [6, 6.07) is 16.0. The minimum atomic E-state index is 0.0995. The van der Waals surface area contributed by atoms with Crippen molar-refractivity contribution < 1.29 is 9.53 Å². The molecule has 1 aliphatic heterocycles. The Balaban J connectivity index is 1.79. The van der Waals surface area contributed by atoms with Crippen molar-refractivity contribution in [1.82, 2.24) is 4.90 Å². The highest BCUT2D eigenvalue weighted by molar-refractivity contribution is 5.94. The third kappa shape index (κ3) is 2.98. The zero-order valence-electron chi connectivity index (χ0n) is 12.2. The van der Waals surface area contributed by atoms with Crippen LogP contribution in [0, 0.1) is 0 Å². The maximum atomic E-state index is 12.7. The highest BCUT2D eigenvalue weighted by atomic mass is 16.5. The molecule has 0 saturated carbocycles. The zero-order valence-corrected chi connectivity index (χ0v) is 12.2. The van der Waals surface area contributed by atoms with Crippen molar-refractivity contribution in [2.45, 2.75) is 19.6 Å². The SMILES string of the molecule is COCc1cccc(C(=O)N2CCc3ccccc3C2)c1. The van der Waals surface area contributed by atoms with Gasteiger partial charge in [-0.15, -0.1) is 0 Å². The first-order chi connectivity index (χ1) is 10.3. The molecule has 0 atom stereocenters. The molecule has 3 nitrogen and oxygen atoms in total. The standard InChI is InChI=1S/C18H19NO2/c1-21-13-14-5-4-8-16(11-14)18(20)19-10-9-15-6-2-3-7-17(15)12-19/h2-8,11H,9-10,12-13H2,1H3. The smallest absolute Gasteiger partial charge is 0.254 e. The van der Waals surface area contributed by atoms with Gasteiger partial charge in [-0.2, -0.15) is 0 Å². The lowest BCUT2D eigenvalue weighted by Gasteiger charge is -2.29. The summed E-state index contributed by atoms with van der Waals surface area (Å²) < 4.78 is 5.13. The van der Waals surface area contributed by atoms with Gasteiger partial charge in [-0.25, -0.2) is 0 Å². The molecule has 108 valence electrons. The minimum Gasteiger partial charge on any atom is -0.380 e. The van der Waals surface area contributed by atoms with E-state index in [1.54, 1.807) is 7.11 Å². The fourth-order valence-electron chi connectivity index (χ4n) is 2.81. The van der Waals surface area contributed by atoms with Gasteiger partial charge in [-0.05, 0) is 35.2 Å². The number of methoxy groups -OCH3 is 1. The predicted molar refractivity (Wildman–Crippen MR) is 82.0 cm³/mol. The van der Waals surface area contributed by atoms with Gasteiger partial charge in [0.15, 0.2) is 0 Å². The molecule has 3 heteroatoms. The molecule has 0 bridgehead atoms. The quantitative estimate of drug-likeness (QED) is 0.865. The first-order valence-electron chi connectivity index (χ1n) is 7.22. The van der Waals surface area contributed by atoms with Crippen molar-refractivity contribution in [1.29, 1.82) is 0 Å². The van der Waals surface area contributed by atoms with Crippen molar-refractivity contribution in [2.75, 3.05) is 13.7 Å². The minimum absolute atomic E-state index is 0.0995. The second-order valence-corrected chi connectivity index (χ2v) is 5.38. The number of carbonyl (C=O) groups excluding carboxylic acids is 1. The second-order valence-electron chi connectivity index (χ2n) is 5.38. The topological polar surface area (TPSA) is 29.5 Å². The van der Waals surface area contributed by atoms with Crippen LogP contribution in [-0.2, 0) is 24.3 Å². The highest BCUT2D eigenvalue weighted by Gasteiger charge is 2.21. The van der Waals surface area contributed by atoms with Gasteiger partial charge in [0.05, 0.1) is 6.61 Å². The van der Waals surface area contributed by atoms with Gasteiger partial charge in [0, 0.05) is 25.8 Å². The molecule has 1 aliphatic rings. The van der Waals surface area contributed by atoms with E-state index in [1.807, 2.05) is 35.2 Å². The summed E-state index contributed by atoms with van der Waals surface area (Å²) in [6.45, 7) is 2.01. The number of carbonyl (C=O) groups is 1. The van der Waals surface area contributed by atoms with Crippen LogP contribution in [0.2, 0.25) is 0 Å². The fraction of sp³-hybridized carbons (Fsp3) is 0.278. The Kier molecular flexibility index (Phi) is 4.02. The number of amides is 1. The lowest BCUT2D eigenvalue weighted by Crippen LogP contribution is -2.35. The van der Waals surface area contributed by atoms with Crippen LogP contribution in [-0.4, -0.2) is 24.5 Å². The van der Waals surface area contributed by atoms with Crippen molar-refractivity contribution >= 4 is 5.91 Å². The summed E-state index contributed by atoms with van der Waals surface area (Å²) in [5.41, 5.74) is 4.38. The van der Waals surface area contributed by atoms with Crippen LogP contribution in [0.15, 0.2) is 48.5 Å². The molecule has 2 aromatic rings. The average molecular weight is 281 g/mol. The zero-order chi connectivity index (χ0) is 14.7. The lowest BCUT2D eigenvalue weighted by molar-refractivity contribution is 0.0734. The first kappa shape index (κ1) is 13.8. The molecule has 2 aromatic carbocycles. The molecule has 0 aliphatic carbocycles. The van der Waals surface area contributed by atoms with Crippen LogP contribution in [0.5, 0.6) is 0 Å². The molecule has 0 aromatic heterocycles. The summed E-state index contributed by atoms with van der Waals surface area (Å²) in [6.07, 6.45) is 0.930. The maximum absolute atomic E-state index is 12.7. The van der Waals surface area contributed by atoms with Crippen LogP contribution in [0.25, 0.3) is 0 Å². The molecule has 0 radical (unpaired) electrons. The molecular weight excluding hydrogens is 262 g/mol.